The van der Waals surface area contributed by atoms with Crippen LogP contribution in [0, 0.1) is 0 Å². The molecule has 0 aliphatic rings. The molecule has 0 atom stereocenters. The molecule has 1 aromatic carbocycles. The lowest BCUT2D eigenvalue weighted by Gasteiger charge is -2.03. The normalized spacial score (nSPS) is 9.31. The van der Waals surface area contributed by atoms with Gasteiger partial charge in [-0.05, 0) is 17.7 Å². The van der Waals surface area contributed by atoms with E-state index in [0.29, 0.717) is 6.54 Å². The van der Waals surface area contributed by atoms with E-state index in [9.17, 15) is 4.79 Å². The number of ether oxygens (including phenoxy) is 1. The van der Waals surface area contributed by atoms with Gasteiger partial charge in [-0.2, -0.15) is 0 Å². The standard InChI is InChI=1S/C9H11NO3/c1-13-9(12)10-6-7-2-4-8(11)5-3-7/h2-5,11H,6H2,1H3,(H,10,12). The quantitative estimate of drug-likeness (QED) is 0.721. The first-order chi connectivity index (χ1) is 6.22. The molecule has 0 aromatic heterocycles. The Morgan fingerprint density at radius 3 is 2.62 bits per heavy atom. The summed E-state index contributed by atoms with van der Waals surface area (Å²) in [4.78, 5) is 10.7. The highest BCUT2D eigenvalue weighted by Gasteiger charge is 1.98. The van der Waals surface area contributed by atoms with Crippen LogP contribution < -0.4 is 5.32 Å². The summed E-state index contributed by atoms with van der Waals surface area (Å²) in [6.07, 6.45) is -0.465. The summed E-state index contributed by atoms with van der Waals surface area (Å²) in [5.41, 5.74) is 0.906. The fourth-order valence-electron chi connectivity index (χ4n) is 0.860. The van der Waals surface area contributed by atoms with Crippen molar-refractivity contribution in [3.05, 3.63) is 29.8 Å². The van der Waals surface area contributed by atoms with Crippen LogP contribution in [0.2, 0.25) is 0 Å². The van der Waals surface area contributed by atoms with Crippen molar-refractivity contribution in [2.75, 3.05) is 7.11 Å². The topological polar surface area (TPSA) is 58.6 Å². The van der Waals surface area contributed by atoms with Crippen LogP contribution in [0.4, 0.5) is 4.79 Å². The minimum Gasteiger partial charge on any atom is -0.508 e. The van der Waals surface area contributed by atoms with Crippen molar-refractivity contribution >= 4 is 6.09 Å². The number of nitrogens with one attached hydrogen (secondary N) is 1. The molecule has 1 aromatic rings. The van der Waals surface area contributed by atoms with E-state index < -0.39 is 6.09 Å². The average Bonchev–Trinajstić information content (AvgIpc) is 2.16. The van der Waals surface area contributed by atoms with E-state index in [1.807, 2.05) is 0 Å². The van der Waals surface area contributed by atoms with Crippen LogP contribution in [0.15, 0.2) is 24.3 Å². The van der Waals surface area contributed by atoms with Gasteiger partial charge in [-0.15, -0.1) is 0 Å². The zero-order valence-electron chi connectivity index (χ0n) is 7.28. The van der Waals surface area contributed by atoms with Crippen molar-refractivity contribution in [3.8, 4) is 5.75 Å². The molecule has 1 rings (SSSR count). The third-order valence-corrected chi connectivity index (χ3v) is 1.56. The van der Waals surface area contributed by atoms with E-state index in [-0.39, 0.29) is 5.75 Å². The molecule has 4 nitrogen and oxygen atoms in total. The molecule has 0 heterocycles. The van der Waals surface area contributed by atoms with Gasteiger partial charge in [0.15, 0.2) is 0 Å². The molecule has 13 heavy (non-hydrogen) atoms. The number of hydrogen-bond acceptors (Lipinski definition) is 3. The Morgan fingerprint density at radius 2 is 2.08 bits per heavy atom. The molecule has 0 saturated carbocycles. The summed E-state index contributed by atoms with van der Waals surface area (Å²) in [5, 5.41) is 11.5. The minimum atomic E-state index is -0.465. The molecule has 0 radical (unpaired) electrons. The van der Waals surface area contributed by atoms with Gasteiger partial charge >= 0.3 is 6.09 Å². The van der Waals surface area contributed by atoms with Gasteiger partial charge in [-0.3, -0.25) is 0 Å². The molecule has 70 valence electrons. The van der Waals surface area contributed by atoms with Crippen molar-refractivity contribution in [1.29, 1.82) is 0 Å². The summed E-state index contributed by atoms with van der Waals surface area (Å²) < 4.78 is 4.40. The molecule has 0 spiro atoms. The smallest absolute Gasteiger partial charge is 0.407 e. The van der Waals surface area contributed by atoms with E-state index in [0.717, 1.165) is 5.56 Å². The molecule has 0 fully saturated rings. The van der Waals surface area contributed by atoms with Gasteiger partial charge in [0.1, 0.15) is 5.75 Å². The lowest BCUT2D eigenvalue weighted by atomic mass is 10.2. The van der Waals surface area contributed by atoms with E-state index in [4.69, 9.17) is 5.11 Å². The van der Waals surface area contributed by atoms with Gasteiger partial charge in [0, 0.05) is 6.54 Å². The highest BCUT2D eigenvalue weighted by molar-refractivity contribution is 5.66. The van der Waals surface area contributed by atoms with Crippen LogP contribution >= 0.6 is 0 Å². The van der Waals surface area contributed by atoms with E-state index in [2.05, 4.69) is 10.1 Å². The van der Waals surface area contributed by atoms with Gasteiger partial charge in [0.05, 0.1) is 7.11 Å². The monoisotopic (exact) mass is 181 g/mol. The zero-order valence-corrected chi connectivity index (χ0v) is 7.28. The third-order valence-electron chi connectivity index (χ3n) is 1.56. The number of methoxy groups -OCH3 is 1. The number of carbonyl (C=O) groups is 1. The van der Waals surface area contributed by atoms with Crippen molar-refractivity contribution < 1.29 is 14.6 Å². The van der Waals surface area contributed by atoms with Gasteiger partial charge in [-0.25, -0.2) is 4.79 Å². The van der Waals surface area contributed by atoms with Gasteiger partial charge in [-0.1, -0.05) is 12.1 Å². The highest BCUT2D eigenvalue weighted by atomic mass is 16.5. The molecule has 0 saturated heterocycles. The van der Waals surface area contributed by atoms with Crippen molar-refractivity contribution in [2.45, 2.75) is 6.54 Å². The Labute approximate surface area is 76.1 Å². The molecule has 2 N–H and O–H groups in total. The van der Waals surface area contributed by atoms with Crippen molar-refractivity contribution in [1.82, 2.24) is 5.32 Å². The maximum absolute atomic E-state index is 10.7. The number of phenolic OH excluding ortho intramolecular Hbond substituents is 1. The first-order valence-corrected chi connectivity index (χ1v) is 3.82. The van der Waals surface area contributed by atoms with E-state index in [1.54, 1.807) is 24.3 Å². The molecule has 1 amide bonds. The molecule has 0 bridgehead atoms. The highest BCUT2D eigenvalue weighted by Crippen LogP contribution is 2.08. The summed E-state index contributed by atoms with van der Waals surface area (Å²) in [5.74, 6) is 0.210. The molecular weight excluding hydrogens is 170 g/mol. The second kappa shape index (κ2) is 4.35. The lowest BCUT2D eigenvalue weighted by molar-refractivity contribution is 0.170. The predicted octanol–water partition coefficient (Wildman–Crippen LogP) is 1.25. The molecule has 0 unspecified atom stereocenters. The van der Waals surface area contributed by atoms with Crippen LogP contribution in [0.5, 0.6) is 5.75 Å². The first-order valence-electron chi connectivity index (χ1n) is 3.82. The van der Waals surface area contributed by atoms with E-state index >= 15 is 0 Å². The van der Waals surface area contributed by atoms with Gasteiger partial charge < -0.3 is 15.2 Å². The number of rotatable bonds is 2. The number of phenols is 1. The Kier molecular flexibility index (Phi) is 3.14. The number of benzene rings is 1. The number of hydrogen-bond donors (Lipinski definition) is 2. The number of carbonyl (C=O) groups excluding carboxylic acids is 1. The molecule has 0 aliphatic heterocycles. The summed E-state index contributed by atoms with van der Waals surface area (Å²) in [6.45, 7) is 0.396. The van der Waals surface area contributed by atoms with Crippen molar-refractivity contribution in [2.24, 2.45) is 0 Å². The fraction of sp³-hybridized carbons (Fsp3) is 0.222. The SMILES string of the molecule is COC(=O)NCc1ccc(O)cc1. The van der Waals surface area contributed by atoms with Crippen LogP contribution in [-0.4, -0.2) is 18.3 Å². The first kappa shape index (κ1) is 9.38. The Hall–Kier alpha value is -1.71. The second-order valence-corrected chi connectivity index (χ2v) is 2.51. The summed E-state index contributed by atoms with van der Waals surface area (Å²) >= 11 is 0. The van der Waals surface area contributed by atoms with Crippen LogP contribution in [-0.2, 0) is 11.3 Å². The Balaban J connectivity index is 2.46. The van der Waals surface area contributed by atoms with Crippen LogP contribution in [0.25, 0.3) is 0 Å². The maximum atomic E-state index is 10.7. The van der Waals surface area contributed by atoms with Crippen LogP contribution in [0.1, 0.15) is 5.56 Å². The maximum Gasteiger partial charge on any atom is 0.407 e. The van der Waals surface area contributed by atoms with Gasteiger partial charge in [0.2, 0.25) is 0 Å². The zero-order chi connectivity index (χ0) is 9.68. The Morgan fingerprint density at radius 1 is 1.46 bits per heavy atom. The number of amides is 1. The second-order valence-electron chi connectivity index (χ2n) is 2.51. The number of alkyl carbamates (subject to hydrolysis) is 1. The largest absolute Gasteiger partial charge is 0.508 e. The average molecular weight is 181 g/mol. The number of aromatic hydroxyl groups is 1. The van der Waals surface area contributed by atoms with Crippen molar-refractivity contribution in [3.63, 3.8) is 0 Å². The predicted molar refractivity (Wildman–Crippen MR) is 47.4 cm³/mol. The fourth-order valence-corrected chi connectivity index (χ4v) is 0.860. The third kappa shape index (κ3) is 3.02. The lowest BCUT2D eigenvalue weighted by Crippen LogP contribution is -2.22. The molecular formula is C9H11NO3. The summed E-state index contributed by atoms with van der Waals surface area (Å²) in [7, 11) is 1.31. The van der Waals surface area contributed by atoms with Gasteiger partial charge in [0.25, 0.3) is 0 Å². The molecule has 4 heteroatoms. The minimum absolute atomic E-state index is 0.210. The van der Waals surface area contributed by atoms with E-state index in [1.165, 1.54) is 7.11 Å². The molecule has 0 aliphatic carbocycles. The van der Waals surface area contributed by atoms with Crippen LogP contribution in [0.3, 0.4) is 0 Å². The summed E-state index contributed by atoms with van der Waals surface area (Å²) in [6, 6.07) is 6.58. The Bertz CT molecular complexity index is 281.